The van der Waals surface area contributed by atoms with Crippen LogP contribution in [0.25, 0.3) is 0 Å². The third-order valence-electron chi connectivity index (χ3n) is 5.34. The molecule has 0 spiro atoms. The van der Waals surface area contributed by atoms with Gasteiger partial charge in [0.25, 0.3) is 0 Å². The summed E-state index contributed by atoms with van der Waals surface area (Å²) in [5.41, 5.74) is 5.35. The fourth-order valence-corrected chi connectivity index (χ4v) is 6.34. The molecule has 1 amide bonds. The van der Waals surface area contributed by atoms with Gasteiger partial charge in [0, 0.05) is 42.5 Å². The lowest BCUT2D eigenvalue weighted by atomic mass is 9.81. The largest absolute Gasteiger partial charge is 0.340 e. The van der Waals surface area contributed by atoms with Crippen molar-refractivity contribution in [2.75, 3.05) is 32.7 Å². The Bertz CT molecular complexity index is 713. The number of amides is 1. The van der Waals surface area contributed by atoms with Crippen molar-refractivity contribution in [1.82, 2.24) is 9.21 Å². The number of hydrogen-bond acceptors (Lipinski definition) is 5. The third-order valence-corrected chi connectivity index (χ3v) is 8.46. The van der Waals surface area contributed by atoms with Crippen LogP contribution < -0.4 is 5.73 Å². The van der Waals surface area contributed by atoms with Gasteiger partial charge in [-0.3, -0.25) is 4.79 Å². The second kappa shape index (κ2) is 9.01. The maximum atomic E-state index is 12.9. The van der Waals surface area contributed by atoms with Crippen LogP contribution in [0.4, 0.5) is 0 Å². The van der Waals surface area contributed by atoms with Crippen LogP contribution in [-0.2, 0) is 14.8 Å². The zero-order chi connectivity index (χ0) is 18.8. The van der Waals surface area contributed by atoms with E-state index in [9.17, 15) is 13.2 Å². The number of sulfonamides is 1. The Hall–Kier alpha value is -0.670. The number of halogens is 1. The average Bonchev–Trinajstić information content (AvgIpc) is 2.96. The monoisotopic (exact) mass is 423 g/mol. The van der Waals surface area contributed by atoms with Crippen LogP contribution in [0.15, 0.2) is 11.0 Å². The summed E-state index contributed by atoms with van der Waals surface area (Å²) < 4.78 is 27.2. The van der Waals surface area contributed by atoms with E-state index in [0.717, 1.165) is 9.75 Å². The highest BCUT2D eigenvalue weighted by Crippen LogP contribution is 2.30. The third kappa shape index (κ3) is 4.25. The van der Waals surface area contributed by atoms with Crippen molar-refractivity contribution < 1.29 is 13.2 Å². The minimum atomic E-state index is -3.49. The lowest BCUT2D eigenvalue weighted by Crippen LogP contribution is -2.55. The van der Waals surface area contributed by atoms with Crippen molar-refractivity contribution in [1.29, 1.82) is 0 Å². The number of aryl methyl sites for hydroxylation is 2. The summed E-state index contributed by atoms with van der Waals surface area (Å²) in [6.45, 7) is 9.53. The molecule has 1 aromatic rings. The zero-order valence-electron chi connectivity index (χ0n) is 15.9. The molecule has 1 fully saturated rings. The van der Waals surface area contributed by atoms with Gasteiger partial charge in [-0.15, -0.1) is 23.7 Å². The molecule has 150 valence electrons. The standard InChI is InChI=1S/C17H29N3O3S2.ClH/c1-5-17(6-2,12-18)16(21)19-7-9-20(10-8-19)25(22,23)15-11-13(3)24-14(15)4;/h11H,5-10,12,18H2,1-4H3;1H. The summed E-state index contributed by atoms with van der Waals surface area (Å²) in [6.07, 6.45) is 1.40. The van der Waals surface area contributed by atoms with Gasteiger partial charge in [-0.2, -0.15) is 4.31 Å². The van der Waals surface area contributed by atoms with E-state index in [4.69, 9.17) is 5.73 Å². The van der Waals surface area contributed by atoms with Gasteiger partial charge in [0.2, 0.25) is 15.9 Å². The molecule has 0 atom stereocenters. The number of nitrogens with zero attached hydrogens (tertiary/aromatic N) is 2. The number of carbonyl (C=O) groups excluding carboxylic acids is 1. The Labute approximate surface area is 167 Å². The molecule has 26 heavy (non-hydrogen) atoms. The van der Waals surface area contributed by atoms with Crippen LogP contribution in [-0.4, -0.2) is 56.3 Å². The van der Waals surface area contributed by atoms with Crippen molar-refractivity contribution in [3.8, 4) is 0 Å². The van der Waals surface area contributed by atoms with Crippen LogP contribution >= 0.6 is 23.7 Å². The van der Waals surface area contributed by atoms with Gasteiger partial charge in [0.15, 0.2) is 0 Å². The SMILES string of the molecule is CCC(CC)(CN)C(=O)N1CCN(S(=O)(=O)c2cc(C)sc2C)CC1.Cl. The molecule has 0 unspecified atom stereocenters. The van der Waals surface area contributed by atoms with Gasteiger partial charge in [0.1, 0.15) is 0 Å². The second-order valence-corrected chi connectivity index (χ2v) is 10.0. The Kier molecular flexibility index (Phi) is 8.10. The summed E-state index contributed by atoms with van der Waals surface area (Å²) in [5.74, 6) is 0.0552. The highest BCUT2D eigenvalue weighted by atomic mass is 35.5. The van der Waals surface area contributed by atoms with Gasteiger partial charge in [-0.05, 0) is 32.8 Å². The van der Waals surface area contributed by atoms with E-state index in [1.165, 1.54) is 15.6 Å². The molecule has 1 aromatic heterocycles. The summed E-state index contributed by atoms with van der Waals surface area (Å²) in [6, 6.07) is 1.74. The normalized spacial score (nSPS) is 16.4. The lowest BCUT2D eigenvalue weighted by Gasteiger charge is -2.39. The molecule has 2 rings (SSSR count). The summed E-state index contributed by atoms with van der Waals surface area (Å²) >= 11 is 1.49. The van der Waals surface area contributed by atoms with E-state index in [0.29, 0.717) is 50.5 Å². The van der Waals surface area contributed by atoms with Crippen LogP contribution in [0.5, 0.6) is 0 Å². The molecule has 0 radical (unpaired) electrons. The maximum Gasteiger partial charge on any atom is 0.244 e. The molecular weight excluding hydrogens is 394 g/mol. The van der Waals surface area contributed by atoms with E-state index in [2.05, 4.69) is 0 Å². The molecular formula is C17H30ClN3O3S2. The highest BCUT2D eigenvalue weighted by molar-refractivity contribution is 7.89. The van der Waals surface area contributed by atoms with E-state index in [-0.39, 0.29) is 18.3 Å². The Morgan fingerprint density at radius 2 is 1.73 bits per heavy atom. The molecule has 1 aliphatic heterocycles. The minimum Gasteiger partial charge on any atom is -0.340 e. The Balaban J connectivity index is 0.00000338. The number of nitrogens with two attached hydrogens (primary N) is 1. The van der Waals surface area contributed by atoms with Gasteiger partial charge < -0.3 is 10.6 Å². The predicted octanol–water partition coefficient (Wildman–Crippen LogP) is 2.38. The molecule has 0 aliphatic carbocycles. The smallest absolute Gasteiger partial charge is 0.244 e. The fraction of sp³-hybridized carbons (Fsp3) is 0.706. The first kappa shape index (κ1) is 23.4. The summed E-state index contributed by atoms with van der Waals surface area (Å²) in [4.78, 5) is 16.9. The molecule has 1 aliphatic rings. The molecule has 6 nitrogen and oxygen atoms in total. The summed E-state index contributed by atoms with van der Waals surface area (Å²) in [5, 5.41) is 0. The molecule has 9 heteroatoms. The number of rotatable bonds is 6. The van der Waals surface area contributed by atoms with Crippen LogP contribution in [0, 0.1) is 19.3 Å². The predicted molar refractivity (Wildman–Crippen MR) is 108 cm³/mol. The molecule has 0 saturated carbocycles. The fourth-order valence-electron chi connectivity index (χ4n) is 3.40. The van der Waals surface area contributed by atoms with Crippen molar-refractivity contribution in [3.05, 3.63) is 15.8 Å². The van der Waals surface area contributed by atoms with Gasteiger partial charge in [-0.1, -0.05) is 13.8 Å². The van der Waals surface area contributed by atoms with Crippen LogP contribution in [0.1, 0.15) is 36.4 Å². The van der Waals surface area contributed by atoms with Gasteiger partial charge >= 0.3 is 0 Å². The number of thiophene rings is 1. The highest BCUT2D eigenvalue weighted by Gasteiger charge is 2.39. The molecule has 0 aromatic carbocycles. The first-order valence-electron chi connectivity index (χ1n) is 8.78. The molecule has 2 N–H and O–H groups in total. The quantitative estimate of drug-likeness (QED) is 0.761. The Morgan fingerprint density at radius 1 is 1.19 bits per heavy atom. The van der Waals surface area contributed by atoms with E-state index < -0.39 is 15.4 Å². The van der Waals surface area contributed by atoms with Crippen molar-refractivity contribution in [2.45, 2.75) is 45.4 Å². The molecule has 0 bridgehead atoms. The molecule has 2 heterocycles. The lowest BCUT2D eigenvalue weighted by molar-refractivity contribution is -0.143. The van der Waals surface area contributed by atoms with Crippen LogP contribution in [0.3, 0.4) is 0 Å². The van der Waals surface area contributed by atoms with E-state index in [1.54, 1.807) is 11.0 Å². The maximum absolute atomic E-state index is 12.9. The van der Waals surface area contributed by atoms with Crippen LogP contribution in [0.2, 0.25) is 0 Å². The summed E-state index contributed by atoms with van der Waals surface area (Å²) in [7, 11) is -3.49. The number of piperazine rings is 1. The average molecular weight is 424 g/mol. The Morgan fingerprint density at radius 3 is 2.12 bits per heavy atom. The molecule has 1 saturated heterocycles. The first-order chi connectivity index (χ1) is 11.7. The number of hydrogen-bond donors (Lipinski definition) is 1. The van der Waals surface area contributed by atoms with E-state index >= 15 is 0 Å². The van der Waals surface area contributed by atoms with E-state index in [1.807, 2.05) is 27.7 Å². The van der Waals surface area contributed by atoms with Gasteiger partial charge in [-0.25, -0.2) is 8.42 Å². The van der Waals surface area contributed by atoms with Crippen molar-refractivity contribution in [2.24, 2.45) is 11.1 Å². The second-order valence-electron chi connectivity index (χ2n) is 6.67. The minimum absolute atomic E-state index is 0. The first-order valence-corrected chi connectivity index (χ1v) is 11.0. The number of carbonyl (C=O) groups is 1. The van der Waals surface area contributed by atoms with Crippen molar-refractivity contribution in [3.63, 3.8) is 0 Å². The zero-order valence-corrected chi connectivity index (χ0v) is 18.4. The topological polar surface area (TPSA) is 83.7 Å². The van der Waals surface area contributed by atoms with Crippen molar-refractivity contribution >= 4 is 39.7 Å². The van der Waals surface area contributed by atoms with Gasteiger partial charge in [0.05, 0.1) is 10.3 Å².